The number of aryl methyl sites for hydroxylation is 1. The van der Waals surface area contributed by atoms with E-state index in [0.717, 1.165) is 16.5 Å². The van der Waals surface area contributed by atoms with E-state index in [2.05, 4.69) is 11.6 Å². The summed E-state index contributed by atoms with van der Waals surface area (Å²) in [6.45, 7) is 5.53. The largest absolute Gasteiger partial charge is 0.388 e. The zero-order valence-corrected chi connectivity index (χ0v) is 9.73. The van der Waals surface area contributed by atoms with Gasteiger partial charge < -0.3 is 10.1 Å². The Morgan fingerprint density at radius 1 is 1.47 bits per heavy atom. The van der Waals surface area contributed by atoms with Gasteiger partial charge in [-0.2, -0.15) is 0 Å². The Morgan fingerprint density at radius 2 is 2.24 bits per heavy atom. The van der Waals surface area contributed by atoms with Gasteiger partial charge in [0.1, 0.15) is 0 Å². The molecule has 88 valence electrons. The van der Waals surface area contributed by atoms with Gasteiger partial charge in [0.05, 0.1) is 6.10 Å². The highest BCUT2D eigenvalue weighted by Gasteiger charge is 2.11. The van der Waals surface area contributed by atoms with E-state index >= 15 is 0 Å². The predicted molar refractivity (Wildman–Crippen MR) is 69.1 cm³/mol. The molecule has 2 rings (SSSR count). The molecule has 2 aromatic rings. The maximum atomic E-state index is 11.8. The van der Waals surface area contributed by atoms with E-state index in [-0.39, 0.29) is 5.56 Å². The van der Waals surface area contributed by atoms with Crippen molar-refractivity contribution >= 4 is 10.9 Å². The van der Waals surface area contributed by atoms with E-state index < -0.39 is 6.10 Å². The summed E-state index contributed by atoms with van der Waals surface area (Å²) in [5.74, 6) is 0. The van der Waals surface area contributed by atoms with Crippen molar-refractivity contribution in [2.24, 2.45) is 0 Å². The molecule has 1 aromatic heterocycles. The standard InChI is InChI=1S/C14H15NO2/c1-3-4-13(16)11-8-10-6-5-9(2)7-12(10)15-14(11)17/h3,5-8,13,16H,1,4H2,2H3,(H,15,17). The van der Waals surface area contributed by atoms with Crippen LogP contribution in [0.1, 0.15) is 23.7 Å². The average Bonchev–Trinajstić information content (AvgIpc) is 2.28. The summed E-state index contributed by atoms with van der Waals surface area (Å²) < 4.78 is 0. The Kier molecular flexibility index (Phi) is 3.11. The topological polar surface area (TPSA) is 53.1 Å². The lowest BCUT2D eigenvalue weighted by atomic mass is 10.0. The summed E-state index contributed by atoms with van der Waals surface area (Å²) in [5, 5.41) is 10.7. The third kappa shape index (κ3) is 2.29. The van der Waals surface area contributed by atoms with Crippen LogP contribution in [0, 0.1) is 6.92 Å². The van der Waals surface area contributed by atoms with Crippen LogP contribution in [-0.4, -0.2) is 10.1 Å². The second-order valence-corrected chi connectivity index (χ2v) is 4.18. The molecule has 3 nitrogen and oxygen atoms in total. The van der Waals surface area contributed by atoms with E-state index in [4.69, 9.17) is 0 Å². The van der Waals surface area contributed by atoms with Crippen molar-refractivity contribution in [1.29, 1.82) is 0 Å². The quantitative estimate of drug-likeness (QED) is 0.794. The van der Waals surface area contributed by atoms with Crippen LogP contribution >= 0.6 is 0 Å². The first-order chi connectivity index (χ1) is 8.11. The highest BCUT2D eigenvalue weighted by atomic mass is 16.3. The average molecular weight is 229 g/mol. The molecule has 1 heterocycles. The molecule has 0 radical (unpaired) electrons. The second-order valence-electron chi connectivity index (χ2n) is 4.18. The summed E-state index contributed by atoms with van der Waals surface area (Å²) in [4.78, 5) is 14.6. The lowest BCUT2D eigenvalue weighted by Crippen LogP contribution is -2.15. The SMILES string of the molecule is C=CCC(O)c1cc2ccc(C)cc2[nH]c1=O. The van der Waals surface area contributed by atoms with E-state index in [0.29, 0.717) is 12.0 Å². The molecule has 17 heavy (non-hydrogen) atoms. The number of rotatable bonds is 3. The Balaban J connectivity index is 2.59. The van der Waals surface area contributed by atoms with Gasteiger partial charge in [0.2, 0.25) is 0 Å². The minimum Gasteiger partial charge on any atom is -0.388 e. The number of aromatic nitrogens is 1. The highest BCUT2D eigenvalue weighted by Crippen LogP contribution is 2.18. The maximum absolute atomic E-state index is 11.8. The number of fused-ring (bicyclic) bond motifs is 1. The van der Waals surface area contributed by atoms with Crippen LogP contribution in [0.4, 0.5) is 0 Å². The molecule has 3 heteroatoms. The van der Waals surface area contributed by atoms with Gasteiger partial charge in [-0.15, -0.1) is 6.58 Å². The van der Waals surface area contributed by atoms with Crippen LogP contribution in [0.2, 0.25) is 0 Å². The molecule has 0 saturated carbocycles. The summed E-state index contributed by atoms with van der Waals surface area (Å²) in [7, 11) is 0. The Bertz CT molecular complexity index is 613. The lowest BCUT2D eigenvalue weighted by Gasteiger charge is -2.08. The van der Waals surface area contributed by atoms with Crippen LogP contribution in [0.5, 0.6) is 0 Å². The van der Waals surface area contributed by atoms with E-state index in [1.54, 1.807) is 12.1 Å². The molecule has 0 aliphatic carbocycles. The predicted octanol–water partition coefficient (Wildman–Crippen LogP) is 2.45. The zero-order chi connectivity index (χ0) is 12.4. The lowest BCUT2D eigenvalue weighted by molar-refractivity contribution is 0.180. The van der Waals surface area contributed by atoms with Crippen LogP contribution in [0.25, 0.3) is 10.9 Å². The van der Waals surface area contributed by atoms with Crippen molar-refractivity contribution in [3.8, 4) is 0 Å². The third-order valence-electron chi connectivity index (χ3n) is 2.78. The van der Waals surface area contributed by atoms with Gasteiger partial charge in [-0.1, -0.05) is 18.2 Å². The molecule has 0 spiro atoms. The van der Waals surface area contributed by atoms with E-state index in [9.17, 15) is 9.90 Å². The van der Waals surface area contributed by atoms with Crippen molar-refractivity contribution in [3.63, 3.8) is 0 Å². The summed E-state index contributed by atoms with van der Waals surface area (Å²) >= 11 is 0. The second kappa shape index (κ2) is 4.55. The van der Waals surface area contributed by atoms with Crippen LogP contribution in [-0.2, 0) is 0 Å². The van der Waals surface area contributed by atoms with Gasteiger partial charge in [0.25, 0.3) is 5.56 Å². The fraction of sp³-hybridized carbons (Fsp3) is 0.214. The van der Waals surface area contributed by atoms with E-state index in [1.807, 2.05) is 25.1 Å². The molecular weight excluding hydrogens is 214 g/mol. The Hall–Kier alpha value is -1.87. The maximum Gasteiger partial charge on any atom is 0.254 e. The molecule has 1 aromatic carbocycles. The summed E-state index contributed by atoms with van der Waals surface area (Å²) in [6, 6.07) is 7.57. The number of benzene rings is 1. The first-order valence-corrected chi connectivity index (χ1v) is 5.54. The Labute approximate surface area is 99.4 Å². The van der Waals surface area contributed by atoms with Gasteiger partial charge in [-0.3, -0.25) is 4.79 Å². The first kappa shape index (κ1) is 11.6. The van der Waals surface area contributed by atoms with Gasteiger partial charge in [-0.25, -0.2) is 0 Å². The van der Waals surface area contributed by atoms with Gasteiger partial charge in [0.15, 0.2) is 0 Å². The monoisotopic (exact) mass is 229 g/mol. The minimum absolute atomic E-state index is 0.238. The molecule has 1 unspecified atom stereocenters. The van der Waals surface area contributed by atoms with Crippen LogP contribution in [0.3, 0.4) is 0 Å². The fourth-order valence-electron chi connectivity index (χ4n) is 1.86. The first-order valence-electron chi connectivity index (χ1n) is 5.54. The normalized spacial score (nSPS) is 12.6. The van der Waals surface area contributed by atoms with Crippen LogP contribution in [0.15, 0.2) is 41.7 Å². The van der Waals surface area contributed by atoms with Gasteiger partial charge >= 0.3 is 0 Å². The van der Waals surface area contributed by atoms with Gasteiger partial charge in [0, 0.05) is 11.1 Å². The molecule has 0 amide bonds. The third-order valence-corrected chi connectivity index (χ3v) is 2.78. The number of hydrogen-bond acceptors (Lipinski definition) is 2. The number of hydrogen-bond donors (Lipinski definition) is 2. The summed E-state index contributed by atoms with van der Waals surface area (Å²) in [6.07, 6.45) is 1.19. The summed E-state index contributed by atoms with van der Waals surface area (Å²) in [5.41, 5.74) is 2.04. The molecule has 0 bridgehead atoms. The number of pyridine rings is 1. The zero-order valence-electron chi connectivity index (χ0n) is 9.73. The number of H-pyrrole nitrogens is 1. The molecule has 2 N–H and O–H groups in total. The molecule has 0 saturated heterocycles. The highest BCUT2D eigenvalue weighted by molar-refractivity contribution is 5.79. The Morgan fingerprint density at radius 3 is 2.94 bits per heavy atom. The molecular formula is C14H15NO2. The van der Waals surface area contributed by atoms with Crippen molar-refractivity contribution in [1.82, 2.24) is 4.98 Å². The number of nitrogens with one attached hydrogen (secondary N) is 1. The number of aromatic amines is 1. The smallest absolute Gasteiger partial charge is 0.254 e. The number of aliphatic hydroxyl groups excluding tert-OH is 1. The van der Waals surface area contributed by atoms with Crippen molar-refractivity contribution in [3.05, 3.63) is 58.4 Å². The molecule has 0 aliphatic rings. The molecule has 1 atom stereocenters. The minimum atomic E-state index is -0.790. The molecule has 0 aliphatic heterocycles. The van der Waals surface area contributed by atoms with Gasteiger partial charge in [-0.05, 0) is 36.4 Å². The van der Waals surface area contributed by atoms with Crippen molar-refractivity contribution in [2.45, 2.75) is 19.4 Å². The number of aliphatic hydroxyl groups is 1. The fourth-order valence-corrected chi connectivity index (χ4v) is 1.86. The van der Waals surface area contributed by atoms with E-state index in [1.165, 1.54) is 0 Å². The van der Waals surface area contributed by atoms with Crippen LogP contribution < -0.4 is 5.56 Å². The van der Waals surface area contributed by atoms with Crippen molar-refractivity contribution in [2.75, 3.05) is 0 Å². The van der Waals surface area contributed by atoms with Crippen molar-refractivity contribution < 1.29 is 5.11 Å². The molecule has 0 fully saturated rings.